The zero-order valence-corrected chi connectivity index (χ0v) is 26.7. The maximum atomic E-state index is 5.29. The molecule has 4 nitrogen and oxygen atoms in total. The molecule has 0 unspecified atom stereocenters. The van der Waals surface area contributed by atoms with Gasteiger partial charge in [-0.25, -0.2) is 15.0 Å². The van der Waals surface area contributed by atoms with Crippen molar-refractivity contribution in [3.05, 3.63) is 133 Å². The van der Waals surface area contributed by atoms with Crippen molar-refractivity contribution in [2.75, 3.05) is 0 Å². The molecule has 12 rings (SSSR count). The Morgan fingerprint density at radius 1 is 0.479 bits per heavy atom. The molecule has 5 aromatic carbocycles. The summed E-state index contributed by atoms with van der Waals surface area (Å²) >= 11 is 0. The van der Waals surface area contributed by atoms with Gasteiger partial charge in [-0.3, -0.25) is 4.98 Å². The van der Waals surface area contributed by atoms with E-state index in [4.69, 9.17) is 19.9 Å². The van der Waals surface area contributed by atoms with Crippen LogP contribution in [0.2, 0.25) is 0 Å². The van der Waals surface area contributed by atoms with E-state index in [0.29, 0.717) is 23.5 Å². The molecule has 2 heterocycles. The Kier molecular flexibility index (Phi) is 5.53. The van der Waals surface area contributed by atoms with Crippen molar-refractivity contribution in [3.63, 3.8) is 0 Å². The van der Waals surface area contributed by atoms with Gasteiger partial charge in [-0.05, 0) is 101 Å². The van der Waals surface area contributed by atoms with Crippen LogP contribution in [0.25, 0.3) is 66.8 Å². The minimum Gasteiger partial charge on any atom is -0.260 e. The highest BCUT2D eigenvalue weighted by molar-refractivity contribution is 5.97. The molecule has 4 fully saturated rings. The summed E-state index contributed by atoms with van der Waals surface area (Å²) in [4.78, 5) is 21.0. The molecule has 5 aliphatic rings. The summed E-state index contributed by atoms with van der Waals surface area (Å²) in [6.45, 7) is 0. The Morgan fingerprint density at radius 3 is 1.69 bits per heavy atom. The van der Waals surface area contributed by atoms with E-state index in [9.17, 15) is 0 Å². The Hall–Kier alpha value is -5.22. The summed E-state index contributed by atoms with van der Waals surface area (Å²) in [5.41, 5.74) is 8.55. The predicted octanol–water partition coefficient (Wildman–Crippen LogP) is 10.3. The third kappa shape index (κ3) is 3.66. The minimum absolute atomic E-state index is 0.0146. The van der Waals surface area contributed by atoms with E-state index in [-0.39, 0.29) is 5.41 Å². The van der Waals surface area contributed by atoms with Crippen LogP contribution in [0.3, 0.4) is 0 Å². The first-order valence-electron chi connectivity index (χ1n) is 17.6. The number of pyridine rings is 1. The number of aromatic nitrogens is 4. The van der Waals surface area contributed by atoms with E-state index < -0.39 is 0 Å². The minimum atomic E-state index is -0.0146. The van der Waals surface area contributed by atoms with E-state index >= 15 is 0 Å². The lowest BCUT2D eigenvalue weighted by Gasteiger charge is -2.60. The zero-order valence-electron chi connectivity index (χ0n) is 26.7. The van der Waals surface area contributed by atoms with Crippen LogP contribution < -0.4 is 0 Å². The van der Waals surface area contributed by atoms with Gasteiger partial charge in [-0.2, -0.15) is 0 Å². The molecule has 0 radical (unpaired) electrons. The summed E-state index contributed by atoms with van der Waals surface area (Å²) in [7, 11) is 0. The molecule has 48 heavy (non-hydrogen) atoms. The van der Waals surface area contributed by atoms with E-state index in [1.54, 1.807) is 0 Å². The van der Waals surface area contributed by atoms with Crippen LogP contribution in [0.5, 0.6) is 0 Å². The van der Waals surface area contributed by atoms with Gasteiger partial charge in [0.2, 0.25) is 0 Å². The van der Waals surface area contributed by atoms with Gasteiger partial charge in [0.25, 0.3) is 0 Å². The highest BCUT2D eigenvalue weighted by Gasteiger charge is 2.62. The van der Waals surface area contributed by atoms with Crippen LogP contribution in [-0.2, 0) is 5.41 Å². The fourth-order valence-electron chi connectivity index (χ4n) is 10.7. The fourth-order valence-corrected chi connectivity index (χ4v) is 10.7. The molecule has 2 aromatic heterocycles. The monoisotopic (exact) mass is 618 g/mol. The highest BCUT2D eigenvalue weighted by atomic mass is 15.0. The summed E-state index contributed by atoms with van der Waals surface area (Å²) in [6.07, 6.45) is 8.77. The van der Waals surface area contributed by atoms with Crippen LogP contribution in [0.15, 0.2) is 121 Å². The average Bonchev–Trinajstić information content (AvgIpc) is 3.43. The lowest BCUT2D eigenvalue weighted by Crippen LogP contribution is -2.55. The lowest BCUT2D eigenvalue weighted by molar-refractivity contribution is -0.0415. The second-order valence-electron chi connectivity index (χ2n) is 14.7. The van der Waals surface area contributed by atoms with Gasteiger partial charge in [-0.15, -0.1) is 0 Å². The van der Waals surface area contributed by atoms with E-state index in [2.05, 4.69) is 115 Å². The lowest BCUT2D eigenvalue weighted by atomic mass is 9.43. The molecule has 0 aliphatic heterocycles. The normalized spacial score (nSPS) is 24.8. The van der Waals surface area contributed by atoms with Gasteiger partial charge in [0.15, 0.2) is 17.5 Å². The molecule has 4 saturated carbocycles. The quantitative estimate of drug-likeness (QED) is 0.198. The maximum absolute atomic E-state index is 5.29. The van der Waals surface area contributed by atoms with Crippen LogP contribution in [0, 0.1) is 23.7 Å². The summed E-state index contributed by atoms with van der Waals surface area (Å²) < 4.78 is 0. The average molecular weight is 619 g/mol. The molecule has 5 aliphatic carbocycles. The highest BCUT2D eigenvalue weighted by Crippen LogP contribution is 2.69. The van der Waals surface area contributed by atoms with Crippen molar-refractivity contribution < 1.29 is 0 Å². The van der Waals surface area contributed by atoms with Gasteiger partial charge < -0.3 is 0 Å². The van der Waals surface area contributed by atoms with E-state index in [1.165, 1.54) is 65.3 Å². The van der Waals surface area contributed by atoms with Crippen molar-refractivity contribution in [3.8, 4) is 45.3 Å². The van der Waals surface area contributed by atoms with Crippen molar-refractivity contribution >= 4 is 21.5 Å². The van der Waals surface area contributed by atoms with Crippen molar-refractivity contribution in [1.82, 2.24) is 19.9 Å². The van der Waals surface area contributed by atoms with Gasteiger partial charge in [0.05, 0.1) is 5.69 Å². The molecule has 0 N–H and O–H groups in total. The predicted molar refractivity (Wildman–Crippen MR) is 192 cm³/mol. The topological polar surface area (TPSA) is 51.6 Å². The Balaban J connectivity index is 1.15. The summed E-state index contributed by atoms with van der Waals surface area (Å²) in [6, 6.07) is 41.3. The zero-order chi connectivity index (χ0) is 31.4. The van der Waals surface area contributed by atoms with Crippen LogP contribution in [-0.4, -0.2) is 19.9 Å². The van der Waals surface area contributed by atoms with Gasteiger partial charge >= 0.3 is 0 Å². The molecule has 230 valence electrons. The number of hydrogen-bond donors (Lipinski definition) is 0. The third-order valence-corrected chi connectivity index (χ3v) is 12.3. The number of hydrogen-bond acceptors (Lipinski definition) is 4. The number of fused-ring (bicyclic) bond motifs is 5. The second-order valence-corrected chi connectivity index (χ2v) is 14.7. The molecule has 0 saturated heterocycles. The van der Waals surface area contributed by atoms with E-state index in [1.807, 2.05) is 6.20 Å². The fraction of sp³-hybridized carbons (Fsp3) is 0.227. The van der Waals surface area contributed by atoms with Gasteiger partial charge in [0, 0.05) is 33.9 Å². The number of benzene rings is 5. The standard InChI is InChI=1S/C44H34N4/c1-3-12-33-28(8-1)10-5-14-37(33)42-46-41(47-43(48-42)38-15-6-11-29-9-2-4-13-34(29)38)30-17-18-35-36-16-7-19-45-40(36)44(39(35)25-30)31-21-26-20-27(23-31)24-32(44)22-26/h1-19,25-27,31-32H,20-24H2. The molecule has 0 atom stereocenters. The second kappa shape index (κ2) is 9.90. The Morgan fingerprint density at radius 2 is 1.04 bits per heavy atom. The smallest absolute Gasteiger partial charge is 0.164 e. The summed E-state index contributed by atoms with van der Waals surface area (Å²) in [5.74, 6) is 5.19. The summed E-state index contributed by atoms with van der Waals surface area (Å²) in [5, 5.41) is 4.64. The van der Waals surface area contributed by atoms with Gasteiger partial charge in [0.1, 0.15) is 0 Å². The first-order chi connectivity index (χ1) is 23.7. The molecule has 0 amide bonds. The van der Waals surface area contributed by atoms with Crippen LogP contribution in [0.4, 0.5) is 0 Å². The molecule has 4 heteroatoms. The van der Waals surface area contributed by atoms with Crippen LogP contribution >= 0.6 is 0 Å². The first-order valence-corrected chi connectivity index (χ1v) is 17.6. The van der Waals surface area contributed by atoms with Crippen molar-refractivity contribution in [1.29, 1.82) is 0 Å². The number of rotatable bonds is 3. The SMILES string of the molecule is c1cnc2c(c1)-c1ccc(-c3nc(-c4cccc5ccccc45)nc(-c4cccc5ccccc45)n3)cc1C21C2CC3CC(C2)CC1C3. The Bertz CT molecular complexity index is 2310. The third-order valence-electron chi connectivity index (χ3n) is 12.3. The first kappa shape index (κ1) is 26.8. The molecule has 4 bridgehead atoms. The molecule has 7 aromatic rings. The van der Waals surface area contributed by atoms with Crippen LogP contribution in [0.1, 0.15) is 43.4 Å². The molecular weight excluding hydrogens is 585 g/mol. The molecule has 1 spiro atoms. The van der Waals surface area contributed by atoms with Gasteiger partial charge in [-0.1, -0.05) is 103 Å². The van der Waals surface area contributed by atoms with Crippen molar-refractivity contribution in [2.24, 2.45) is 23.7 Å². The maximum Gasteiger partial charge on any atom is 0.164 e. The Labute approximate surface area is 280 Å². The number of nitrogens with zero attached hydrogens (tertiary/aromatic N) is 4. The molecular formula is C44H34N4. The van der Waals surface area contributed by atoms with E-state index in [0.717, 1.165) is 45.1 Å². The largest absolute Gasteiger partial charge is 0.260 e. The van der Waals surface area contributed by atoms with Crippen molar-refractivity contribution in [2.45, 2.75) is 37.5 Å².